The molecule has 104 valence electrons. The minimum Gasteiger partial charge on any atom is -0.365 e. The summed E-state index contributed by atoms with van der Waals surface area (Å²) < 4.78 is 0. The highest BCUT2D eigenvalue weighted by atomic mass is 35.5. The number of thioether (sulfide) groups is 1. The van der Waals surface area contributed by atoms with Crippen molar-refractivity contribution >= 4 is 40.1 Å². The predicted molar refractivity (Wildman–Crippen MR) is 86.8 cm³/mol. The van der Waals surface area contributed by atoms with Crippen LogP contribution in [0.25, 0.3) is 0 Å². The number of nitrogens with zero attached hydrogens (tertiary/aromatic N) is 1. The fraction of sp³-hybridized carbons (Fsp3) is 0.500. The van der Waals surface area contributed by atoms with E-state index in [1.165, 1.54) is 12.8 Å². The Bertz CT molecular complexity index is 463. The third kappa shape index (κ3) is 4.59. The molecule has 1 atom stereocenters. The summed E-state index contributed by atoms with van der Waals surface area (Å²) in [6.07, 6.45) is 3.34. The fourth-order valence-corrected chi connectivity index (χ4v) is 3.67. The first-order chi connectivity index (χ1) is 9.19. The SMILES string of the molecule is CCCC1CN=C(NCCc2ccc(Cl)cc2Cl)S1. The van der Waals surface area contributed by atoms with Crippen LogP contribution in [0.3, 0.4) is 0 Å². The molecule has 5 heteroatoms. The maximum absolute atomic E-state index is 6.14. The van der Waals surface area contributed by atoms with E-state index in [1.807, 2.05) is 23.9 Å². The van der Waals surface area contributed by atoms with Crippen molar-refractivity contribution in [1.82, 2.24) is 5.32 Å². The summed E-state index contributed by atoms with van der Waals surface area (Å²) in [5.41, 5.74) is 1.12. The van der Waals surface area contributed by atoms with Gasteiger partial charge in [0.2, 0.25) is 0 Å². The molecule has 0 saturated carbocycles. The Morgan fingerprint density at radius 2 is 2.26 bits per heavy atom. The molecule has 0 radical (unpaired) electrons. The number of benzene rings is 1. The summed E-state index contributed by atoms with van der Waals surface area (Å²) in [6, 6.07) is 5.65. The Morgan fingerprint density at radius 1 is 1.42 bits per heavy atom. The van der Waals surface area contributed by atoms with Crippen LogP contribution in [0.5, 0.6) is 0 Å². The number of amidine groups is 1. The minimum absolute atomic E-state index is 0.659. The van der Waals surface area contributed by atoms with Crippen molar-refractivity contribution in [3.05, 3.63) is 33.8 Å². The summed E-state index contributed by atoms with van der Waals surface area (Å²) in [4.78, 5) is 4.52. The van der Waals surface area contributed by atoms with Gasteiger partial charge in [0.05, 0.1) is 6.54 Å². The van der Waals surface area contributed by atoms with E-state index in [0.717, 1.165) is 35.3 Å². The summed E-state index contributed by atoms with van der Waals surface area (Å²) in [5.74, 6) is 0. The van der Waals surface area contributed by atoms with Gasteiger partial charge in [-0.25, -0.2) is 0 Å². The van der Waals surface area contributed by atoms with E-state index >= 15 is 0 Å². The van der Waals surface area contributed by atoms with Gasteiger partial charge in [0.1, 0.15) is 0 Å². The van der Waals surface area contributed by atoms with Gasteiger partial charge in [0.15, 0.2) is 5.17 Å². The van der Waals surface area contributed by atoms with Gasteiger partial charge < -0.3 is 5.32 Å². The normalized spacial score (nSPS) is 18.5. The molecule has 1 heterocycles. The molecule has 0 bridgehead atoms. The molecule has 1 unspecified atom stereocenters. The van der Waals surface area contributed by atoms with Crippen LogP contribution in [0, 0.1) is 0 Å². The molecule has 0 spiro atoms. The average Bonchev–Trinajstić information content (AvgIpc) is 2.80. The molecule has 0 amide bonds. The topological polar surface area (TPSA) is 24.4 Å². The fourth-order valence-electron chi connectivity index (χ4n) is 2.02. The Hall–Kier alpha value is -0.380. The Morgan fingerprint density at radius 3 is 3.00 bits per heavy atom. The number of rotatable bonds is 5. The predicted octanol–water partition coefficient (Wildman–Crippen LogP) is 4.40. The largest absolute Gasteiger partial charge is 0.365 e. The second kappa shape index (κ2) is 7.41. The zero-order valence-corrected chi connectivity index (χ0v) is 13.3. The Kier molecular flexibility index (Phi) is 5.86. The zero-order valence-electron chi connectivity index (χ0n) is 11.0. The van der Waals surface area contributed by atoms with E-state index in [4.69, 9.17) is 23.2 Å². The van der Waals surface area contributed by atoms with E-state index in [0.29, 0.717) is 10.3 Å². The molecule has 19 heavy (non-hydrogen) atoms. The molecule has 1 aromatic rings. The quantitative estimate of drug-likeness (QED) is 0.870. The molecule has 1 N–H and O–H groups in total. The number of halogens is 2. The number of hydrogen-bond donors (Lipinski definition) is 1. The summed E-state index contributed by atoms with van der Waals surface area (Å²) >= 11 is 13.9. The van der Waals surface area contributed by atoms with E-state index < -0.39 is 0 Å². The summed E-state index contributed by atoms with van der Waals surface area (Å²) in [5, 5.41) is 6.53. The second-order valence-corrected chi connectivity index (χ2v) is 6.72. The molecule has 2 rings (SSSR count). The van der Waals surface area contributed by atoms with Gasteiger partial charge in [-0.05, 0) is 30.5 Å². The van der Waals surface area contributed by atoms with Crippen LogP contribution in [-0.2, 0) is 6.42 Å². The van der Waals surface area contributed by atoms with Gasteiger partial charge in [0.25, 0.3) is 0 Å². The van der Waals surface area contributed by atoms with Crippen molar-refractivity contribution in [2.45, 2.75) is 31.4 Å². The van der Waals surface area contributed by atoms with Crippen LogP contribution in [0.4, 0.5) is 0 Å². The lowest BCUT2D eigenvalue weighted by Crippen LogP contribution is -2.22. The first kappa shape index (κ1) is 15.0. The van der Waals surface area contributed by atoms with E-state index in [1.54, 1.807) is 6.07 Å². The standard InChI is InChI=1S/C14H18Cl2N2S/c1-2-3-12-9-18-14(19-12)17-7-6-10-4-5-11(15)8-13(10)16/h4-5,8,12H,2-3,6-7,9H2,1H3,(H,17,18). The van der Waals surface area contributed by atoms with Crippen LogP contribution >= 0.6 is 35.0 Å². The van der Waals surface area contributed by atoms with Gasteiger partial charge >= 0.3 is 0 Å². The van der Waals surface area contributed by atoms with Crippen molar-refractivity contribution in [3.8, 4) is 0 Å². The molecule has 1 aliphatic heterocycles. The van der Waals surface area contributed by atoms with E-state index in [-0.39, 0.29) is 0 Å². The first-order valence-corrected chi connectivity index (χ1v) is 8.21. The van der Waals surface area contributed by atoms with Crippen molar-refractivity contribution in [2.24, 2.45) is 4.99 Å². The van der Waals surface area contributed by atoms with Gasteiger partial charge in [-0.15, -0.1) is 0 Å². The molecule has 1 aromatic carbocycles. The van der Waals surface area contributed by atoms with E-state index in [9.17, 15) is 0 Å². The smallest absolute Gasteiger partial charge is 0.156 e. The second-order valence-electron chi connectivity index (χ2n) is 4.59. The zero-order chi connectivity index (χ0) is 13.7. The van der Waals surface area contributed by atoms with Crippen LogP contribution in [-0.4, -0.2) is 23.5 Å². The molecule has 1 aliphatic rings. The minimum atomic E-state index is 0.659. The highest BCUT2D eigenvalue weighted by Gasteiger charge is 2.18. The molecule has 0 fully saturated rings. The number of hydrogen-bond acceptors (Lipinski definition) is 3. The summed E-state index contributed by atoms with van der Waals surface area (Å²) in [6.45, 7) is 4.02. The highest BCUT2D eigenvalue weighted by molar-refractivity contribution is 8.14. The third-order valence-corrected chi connectivity index (χ3v) is 4.81. The van der Waals surface area contributed by atoms with Crippen LogP contribution in [0.15, 0.2) is 23.2 Å². The Balaban J connectivity index is 1.75. The van der Waals surface area contributed by atoms with Crippen molar-refractivity contribution < 1.29 is 0 Å². The lowest BCUT2D eigenvalue weighted by molar-refractivity contribution is 0.753. The number of nitrogens with one attached hydrogen (secondary N) is 1. The van der Waals surface area contributed by atoms with Crippen molar-refractivity contribution in [1.29, 1.82) is 0 Å². The molecule has 0 saturated heterocycles. The van der Waals surface area contributed by atoms with Crippen LogP contribution in [0.1, 0.15) is 25.3 Å². The first-order valence-electron chi connectivity index (χ1n) is 6.58. The maximum atomic E-state index is 6.14. The van der Waals surface area contributed by atoms with Crippen molar-refractivity contribution in [3.63, 3.8) is 0 Å². The van der Waals surface area contributed by atoms with Gasteiger partial charge in [-0.3, -0.25) is 4.99 Å². The van der Waals surface area contributed by atoms with Crippen LogP contribution < -0.4 is 5.32 Å². The molecular weight excluding hydrogens is 299 g/mol. The van der Waals surface area contributed by atoms with Crippen LogP contribution in [0.2, 0.25) is 10.0 Å². The number of aliphatic imine (C=N–C) groups is 1. The molecule has 0 aliphatic carbocycles. The molecule has 2 nitrogen and oxygen atoms in total. The van der Waals surface area contributed by atoms with Gasteiger partial charge in [-0.2, -0.15) is 0 Å². The maximum Gasteiger partial charge on any atom is 0.156 e. The lowest BCUT2D eigenvalue weighted by atomic mass is 10.1. The van der Waals surface area contributed by atoms with Gasteiger partial charge in [-0.1, -0.05) is 54.4 Å². The average molecular weight is 317 g/mol. The highest BCUT2D eigenvalue weighted by Crippen LogP contribution is 2.24. The van der Waals surface area contributed by atoms with Gasteiger partial charge in [0, 0.05) is 21.8 Å². The van der Waals surface area contributed by atoms with Crippen molar-refractivity contribution in [2.75, 3.05) is 13.1 Å². The molecule has 0 aromatic heterocycles. The third-order valence-electron chi connectivity index (χ3n) is 3.01. The molecular formula is C14H18Cl2N2S. The van der Waals surface area contributed by atoms with E-state index in [2.05, 4.69) is 17.2 Å². The monoisotopic (exact) mass is 316 g/mol. The summed E-state index contributed by atoms with van der Waals surface area (Å²) in [7, 11) is 0. The lowest BCUT2D eigenvalue weighted by Gasteiger charge is -2.09. The Labute approximate surface area is 129 Å².